The largest absolute Gasteiger partial charge is 0.524 e. The maximum Gasteiger partial charge on any atom is 0.524 e. The topological polar surface area (TPSA) is 657 Å². The summed E-state index contributed by atoms with van der Waals surface area (Å²) >= 11 is 0. The van der Waals surface area contributed by atoms with Crippen molar-refractivity contribution in [1.29, 1.82) is 0 Å². The van der Waals surface area contributed by atoms with Gasteiger partial charge in [0.05, 0.1) is 130 Å². The van der Waals surface area contributed by atoms with Crippen molar-refractivity contribution in [3.05, 3.63) is 28.8 Å². The minimum atomic E-state index is -4.76. The summed E-state index contributed by atoms with van der Waals surface area (Å²) in [5.41, 5.74) is 8.85. The molecule has 148 heavy (non-hydrogen) atoms. The summed E-state index contributed by atoms with van der Waals surface area (Å²) in [6.45, 7) is 65.9. The van der Waals surface area contributed by atoms with Gasteiger partial charge in [-0.1, -0.05) is 200 Å². The predicted octanol–water partition coefficient (Wildman–Crippen LogP) is 14.3. The molecule has 0 amide bonds. The number of alkyl halides is 1. The molecule has 5 atom stereocenters. The van der Waals surface area contributed by atoms with Gasteiger partial charge >= 0.3 is 113 Å². The first kappa shape index (κ1) is 152. The van der Waals surface area contributed by atoms with Crippen LogP contribution in [0.25, 0.3) is 0 Å². The number of rotatable bonds is 47. The lowest BCUT2D eigenvalue weighted by Gasteiger charge is -2.34. The van der Waals surface area contributed by atoms with Crippen LogP contribution in [-0.2, 0) is 167 Å². The predicted molar refractivity (Wildman–Crippen MR) is 544 cm³/mol. The van der Waals surface area contributed by atoms with Crippen molar-refractivity contribution in [2.75, 3.05) is 79.3 Å². The number of aryl methyl sites for hydroxylation is 2. The van der Waals surface area contributed by atoms with Crippen molar-refractivity contribution in [2.45, 2.75) is 343 Å². The van der Waals surface area contributed by atoms with E-state index < -0.39 is 117 Å². The van der Waals surface area contributed by atoms with Crippen molar-refractivity contribution in [3.8, 4) is 5.75 Å². The third-order valence-electron chi connectivity index (χ3n) is 19.5. The average Bonchev–Trinajstić information content (AvgIpc) is 0.780. The first-order valence-electron chi connectivity index (χ1n) is 48.9. The maximum atomic E-state index is 13.7. The van der Waals surface area contributed by atoms with E-state index in [0.717, 1.165) is 24.1 Å². The summed E-state index contributed by atoms with van der Waals surface area (Å²) in [5.74, 6) is -8.62. The molecule has 1 unspecified atom stereocenters. The maximum absolute atomic E-state index is 13.7. The molecule has 2 rings (SSSR count). The minimum Gasteiger partial charge on any atom is -0.466 e. The highest BCUT2D eigenvalue weighted by molar-refractivity contribution is 7.47. The third-order valence-corrected chi connectivity index (χ3v) is 21.0. The zero-order chi connectivity index (χ0) is 118. The van der Waals surface area contributed by atoms with Crippen molar-refractivity contribution >= 4 is 125 Å². The number of Topliss-reactive ketones (excluding diaryl/α,β-unsaturated/α-hetero) is 2. The van der Waals surface area contributed by atoms with E-state index in [1.165, 1.54) is 19.9 Å². The molecule has 1 aliphatic rings. The van der Waals surface area contributed by atoms with Crippen LogP contribution >= 0.6 is 23.5 Å². The zero-order valence-corrected chi connectivity index (χ0v) is 97.1. The van der Waals surface area contributed by atoms with Gasteiger partial charge in [0.15, 0.2) is 0 Å². The third kappa shape index (κ3) is 84.8. The Labute approximate surface area is 874 Å². The summed E-state index contributed by atoms with van der Waals surface area (Å²) in [6.07, 6.45) is 2.36. The van der Waals surface area contributed by atoms with Gasteiger partial charge in [0.1, 0.15) is 48.3 Å². The number of nitrogens with two attached hydrogens (primary N) is 2. The fourth-order valence-electron chi connectivity index (χ4n) is 10.2. The molecule has 1 aliphatic heterocycles. The Morgan fingerprint density at radius 2 is 0.818 bits per heavy atom. The summed E-state index contributed by atoms with van der Waals surface area (Å²) in [7, 11) is -13.8. The molecule has 0 saturated carbocycles. The minimum absolute atomic E-state index is 0.0128. The molecule has 44 nitrogen and oxygen atoms in total. The zero-order valence-electron chi connectivity index (χ0n) is 94.4. The van der Waals surface area contributed by atoms with Gasteiger partial charge in [-0.15, -0.1) is 0 Å². The van der Waals surface area contributed by atoms with Crippen LogP contribution in [0.5, 0.6) is 5.75 Å². The first-order valence-corrected chi connectivity index (χ1v) is 53.5. The number of phosphoric acid groups is 3. The molecule has 0 aromatic heterocycles. The van der Waals surface area contributed by atoms with Gasteiger partial charge in [-0.3, -0.25) is 105 Å². The summed E-state index contributed by atoms with van der Waals surface area (Å²) in [5, 5.41) is 0. The lowest BCUT2D eigenvalue weighted by molar-refractivity contribution is -0.175. The molecule has 0 radical (unpaired) electrons. The van der Waals surface area contributed by atoms with Crippen molar-refractivity contribution in [2.24, 2.45) is 92.8 Å². The second-order valence-electron chi connectivity index (χ2n) is 41.6. The van der Waals surface area contributed by atoms with E-state index in [2.05, 4.69) is 23.3 Å². The Balaban J connectivity index is -0.000000305. The van der Waals surface area contributed by atoms with Gasteiger partial charge < -0.3 is 92.4 Å². The first-order chi connectivity index (χ1) is 67.0. The monoisotopic (exact) mass is 2190 g/mol. The number of piperidine rings is 1. The Bertz CT molecular complexity index is 4380. The molecule has 1 heterocycles. The van der Waals surface area contributed by atoms with Gasteiger partial charge in [0.2, 0.25) is 6.79 Å². The van der Waals surface area contributed by atoms with Crippen LogP contribution in [0.2, 0.25) is 0 Å². The lowest BCUT2D eigenvalue weighted by Crippen LogP contribution is -2.44. The number of esters is 15. The molecular formula is C100H179FN3O41P3. The van der Waals surface area contributed by atoms with E-state index in [-0.39, 0.29) is 177 Å². The van der Waals surface area contributed by atoms with E-state index in [9.17, 15) is 99.6 Å². The summed E-state index contributed by atoms with van der Waals surface area (Å²) < 4.78 is 117. The van der Waals surface area contributed by atoms with Gasteiger partial charge in [-0.25, -0.2) is 18.1 Å². The van der Waals surface area contributed by atoms with Gasteiger partial charge in [0, 0.05) is 43.3 Å². The lowest BCUT2D eigenvalue weighted by atomic mass is 9.78. The molecule has 1 fully saturated rings. The highest BCUT2D eigenvalue weighted by Crippen LogP contribution is 2.46. The van der Waals surface area contributed by atoms with Crippen LogP contribution in [0.3, 0.4) is 0 Å². The number of nitrogens with zero attached hydrogens (tertiary/aromatic N) is 1. The SMILES string of the molecule is CC(=O)[C@@H](N)COC(=O)C(C)C.CC(=O)[C@@H](N)[C@H](C)OC(=O)C(C)C.CC(C)C(=O)OC(=O)CC(C)(C)CCOP(=O)(O)O.CC(C)C(=O)OC(=O)CC(C)(C)COP(=O)(O)O.CC(C)C(=O)OCCCOC(=O)[C@@H](C)C(C)C.CC(C)C(=O)OCCN1CCCC(C)(F)C1.CC(C)C(=O)OCOC(=O)C(C)(C)C.CCC(=O)OCCCOC(=O)C(C)C.Cc1cc(C)c(C(C)(C)CC(=O)OC(=O)C(C)C)c(OP(=O)(O)O)c1. The van der Waals surface area contributed by atoms with E-state index in [4.69, 9.17) is 88.0 Å². The van der Waals surface area contributed by atoms with E-state index in [1.54, 1.807) is 208 Å². The molecular weight excluding hydrogens is 2010 g/mol. The number of likely N-dealkylation sites (tertiary alicyclic amines) is 1. The van der Waals surface area contributed by atoms with Crippen LogP contribution in [0.1, 0.15) is 317 Å². The van der Waals surface area contributed by atoms with Crippen molar-refractivity contribution in [1.82, 2.24) is 4.90 Å². The van der Waals surface area contributed by atoms with E-state index >= 15 is 0 Å². The van der Waals surface area contributed by atoms with Crippen molar-refractivity contribution < 1.29 is 199 Å². The van der Waals surface area contributed by atoms with Gasteiger partial charge in [-0.05, 0) is 122 Å². The highest BCUT2D eigenvalue weighted by atomic mass is 31.2. The smallest absolute Gasteiger partial charge is 0.466 e. The molecule has 0 aliphatic carbocycles. The molecule has 1 aromatic rings. The Kier molecular flexibility index (Phi) is 77.9. The highest BCUT2D eigenvalue weighted by Gasteiger charge is 2.37. The Morgan fingerprint density at radius 1 is 0.446 bits per heavy atom. The number of ether oxygens (including phenoxy) is 12. The molecule has 0 bridgehead atoms. The number of hydrogen-bond acceptors (Lipinski definition) is 38. The number of hydrogen-bond donors (Lipinski definition) is 8. The Morgan fingerprint density at radius 3 is 1.18 bits per heavy atom. The van der Waals surface area contributed by atoms with Crippen LogP contribution in [0.15, 0.2) is 12.1 Å². The number of carbonyl (C=O) groups excluding carboxylic acids is 17. The second kappa shape index (κ2) is 75.8. The van der Waals surface area contributed by atoms with Crippen molar-refractivity contribution in [3.63, 3.8) is 0 Å². The summed E-state index contributed by atoms with van der Waals surface area (Å²) in [6, 6.07) is 1.93. The average molecular weight is 2190 g/mol. The molecule has 1 saturated heterocycles. The quantitative estimate of drug-likeness (QED) is 0.00750. The van der Waals surface area contributed by atoms with E-state index in [1.807, 2.05) is 45.6 Å². The van der Waals surface area contributed by atoms with Gasteiger partial charge in [-0.2, -0.15) is 0 Å². The molecule has 48 heteroatoms. The number of phosphoric ester groups is 3. The number of carbonyl (C=O) groups is 17. The normalized spacial score (nSPS) is 14.0. The van der Waals surface area contributed by atoms with Crippen LogP contribution < -0.4 is 16.0 Å². The number of benzene rings is 1. The van der Waals surface area contributed by atoms with E-state index in [0.29, 0.717) is 77.4 Å². The number of ketones is 2. The van der Waals surface area contributed by atoms with Crippen LogP contribution in [0.4, 0.5) is 4.39 Å². The van der Waals surface area contributed by atoms with Crippen LogP contribution in [0, 0.1) is 95.2 Å². The standard InChI is InChI=1S/C17H25O7P.C13H24O4.C12H22FNO2.C11H21O7P.C10H19O7P.2C10H18O4.C9H17NO3.C8H15NO3/c1-10(2)16(19)23-14(18)9-17(5,6)15-12(4)7-11(3)8-13(15)24-25(20,21)22;1-9(2)11(5)13(15)17-8-6-7-16-12(14)10(3)4;1-10(2)11(15)16-8-7-14-6-4-5-12(3,13)9-14;1-8(2)10(13)18-9(12)7-11(3,4)5-6-17-19(14,15)16;1-7(2)9(12)17-8(11)5-10(3,4)6-16-18(13,14)15;1-7(2)8(11)13-6-14-9(12)10(3,4)5;1-4-9(11)13-6-5-7-14-10(12)8(2)3;1-5(2)9(12)13-7(4)8(10)6(3)11;1-5(2)8(11)12-4-7(9)6(3)10/h7-8,10H,9H2,1-6H3,(H2,20,21,22);9-11H,6-8H2,1-5H3;10H,4-9H2,1-3H3;8H,5-7H2,1-4H3,(H2,14,15,16);7H,5-6H2,1-4H3,(H2,13,14,15);7H,6H2,1-5H3;8H,4-7H2,1-3H3;5,7-8H,10H2,1-4H3;5,7H,4,9H2,1-3H3/t;11-;;;;;;7-,8+;7-/m.0.....00/s1. The summed E-state index contributed by atoms with van der Waals surface area (Å²) in [4.78, 5) is 244. The molecule has 0 spiro atoms. The fourth-order valence-corrected chi connectivity index (χ4v) is 11.4. The Hall–Kier alpha value is -8.81. The number of halogens is 1. The fraction of sp³-hybridized carbons (Fsp3) is 0.770. The molecule has 1 aromatic carbocycles. The second-order valence-corrected chi connectivity index (χ2v) is 45.2. The molecule has 862 valence electrons. The van der Waals surface area contributed by atoms with Gasteiger partial charge in [0.25, 0.3) is 0 Å². The van der Waals surface area contributed by atoms with Crippen LogP contribution in [-0.4, -0.2) is 239 Å². The molecule has 10 N–H and O–H groups in total.